The van der Waals surface area contributed by atoms with E-state index in [0.717, 1.165) is 42.4 Å². The van der Waals surface area contributed by atoms with Gasteiger partial charge in [-0.3, -0.25) is 0 Å². The average Bonchev–Trinajstić information content (AvgIpc) is 2.80. The Morgan fingerprint density at radius 3 is 2.39 bits per heavy atom. The fraction of sp³-hybridized carbons (Fsp3) is 0.480. The van der Waals surface area contributed by atoms with Gasteiger partial charge in [0, 0.05) is 6.54 Å². The van der Waals surface area contributed by atoms with E-state index in [4.69, 9.17) is 10.5 Å². The summed E-state index contributed by atoms with van der Waals surface area (Å²) in [7, 11) is 0. The summed E-state index contributed by atoms with van der Waals surface area (Å²) in [5, 5.41) is 33.5. The van der Waals surface area contributed by atoms with Crippen LogP contribution >= 0.6 is 11.8 Å². The molecule has 180 valence electrons. The van der Waals surface area contributed by atoms with Gasteiger partial charge in [0.25, 0.3) is 0 Å². The Hall–Kier alpha value is -2.10. The topological polar surface area (TPSA) is 125 Å². The number of amides is 2. The maximum Gasteiger partial charge on any atom is 0.312 e. The lowest BCUT2D eigenvalue weighted by Gasteiger charge is -2.40. The van der Waals surface area contributed by atoms with Crippen molar-refractivity contribution < 1.29 is 24.9 Å². The van der Waals surface area contributed by atoms with E-state index in [2.05, 4.69) is 36.5 Å². The second-order valence-corrected chi connectivity index (χ2v) is 9.50. The minimum Gasteiger partial charge on any atom is -0.387 e. The van der Waals surface area contributed by atoms with Gasteiger partial charge < -0.3 is 31.1 Å². The van der Waals surface area contributed by atoms with Crippen molar-refractivity contribution in [3.8, 4) is 0 Å². The Balaban J connectivity index is 1.65. The molecule has 7 nitrogen and oxygen atoms in total. The quantitative estimate of drug-likeness (QED) is 0.356. The molecule has 0 unspecified atom stereocenters. The van der Waals surface area contributed by atoms with Crippen LogP contribution in [-0.4, -0.2) is 57.9 Å². The number of ether oxygens (including phenoxy) is 1. The number of urea groups is 1. The van der Waals surface area contributed by atoms with Crippen molar-refractivity contribution in [1.29, 1.82) is 0 Å². The second kappa shape index (κ2) is 11.9. The molecular weight excluding hydrogens is 440 g/mol. The minimum absolute atomic E-state index is 0.485. The first kappa shape index (κ1) is 25.5. The maximum absolute atomic E-state index is 10.7. The molecule has 1 aliphatic rings. The molecule has 8 heteroatoms. The van der Waals surface area contributed by atoms with E-state index in [1.54, 1.807) is 6.26 Å². The van der Waals surface area contributed by atoms with Crippen LogP contribution in [-0.2, 0) is 17.6 Å². The van der Waals surface area contributed by atoms with Gasteiger partial charge in [-0.1, -0.05) is 42.5 Å². The van der Waals surface area contributed by atoms with Gasteiger partial charge in [-0.2, -0.15) is 0 Å². The molecule has 2 aromatic rings. The molecule has 2 amide bonds. The third kappa shape index (κ3) is 6.71. The van der Waals surface area contributed by atoms with E-state index >= 15 is 0 Å². The van der Waals surface area contributed by atoms with Crippen LogP contribution in [0.15, 0.2) is 42.5 Å². The summed E-state index contributed by atoms with van der Waals surface area (Å²) in [6, 6.07) is 13.9. The smallest absolute Gasteiger partial charge is 0.312 e. The summed E-state index contributed by atoms with van der Waals surface area (Å²) in [6.07, 6.45) is 1.05. The van der Waals surface area contributed by atoms with Crippen molar-refractivity contribution in [2.24, 2.45) is 5.73 Å². The van der Waals surface area contributed by atoms with Gasteiger partial charge in [-0.05, 0) is 66.7 Å². The SMILES string of the molecule is CS[C@H]1O[C@@H](c2ccc(C)c(Cc3ccc(CCCCNC(N)=O)cc3)c2)[C@H](O)[C@@H](O)[C@@H]1O. The van der Waals surface area contributed by atoms with E-state index in [1.807, 2.05) is 18.2 Å². The van der Waals surface area contributed by atoms with Crippen LogP contribution in [0.4, 0.5) is 4.79 Å². The number of nitrogens with one attached hydrogen (secondary N) is 1. The molecule has 1 saturated heterocycles. The fourth-order valence-electron chi connectivity index (χ4n) is 4.09. The molecular formula is C25H34N2O5S. The number of hydrogen-bond acceptors (Lipinski definition) is 6. The summed E-state index contributed by atoms with van der Waals surface area (Å²) in [4.78, 5) is 10.7. The first-order valence-corrected chi connectivity index (χ1v) is 12.5. The first-order valence-electron chi connectivity index (χ1n) is 11.2. The van der Waals surface area contributed by atoms with Crippen molar-refractivity contribution in [1.82, 2.24) is 5.32 Å². The largest absolute Gasteiger partial charge is 0.387 e. The van der Waals surface area contributed by atoms with E-state index < -0.39 is 35.9 Å². The van der Waals surface area contributed by atoms with Crippen LogP contribution in [0.2, 0.25) is 0 Å². The molecule has 0 spiro atoms. The molecule has 1 fully saturated rings. The highest BCUT2D eigenvalue weighted by Crippen LogP contribution is 2.36. The van der Waals surface area contributed by atoms with Crippen LogP contribution in [0.1, 0.15) is 46.8 Å². The number of aliphatic hydroxyl groups excluding tert-OH is 3. The lowest BCUT2D eigenvalue weighted by atomic mass is 9.91. The minimum atomic E-state index is -1.26. The van der Waals surface area contributed by atoms with Crippen molar-refractivity contribution in [3.63, 3.8) is 0 Å². The maximum atomic E-state index is 10.7. The molecule has 1 heterocycles. The summed E-state index contributed by atoms with van der Waals surface area (Å²) >= 11 is 1.31. The highest BCUT2D eigenvalue weighted by molar-refractivity contribution is 7.99. The van der Waals surface area contributed by atoms with Crippen molar-refractivity contribution >= 4 is 17.8 Å². The number of aliphatic hydroxyl groups is 3. The van der Waals surface area contributed by atoms with Crippen LogP contribution < -0.4 is 11.1 Å². The van der Waals surface area contributed by atoms with Gasteiger partial charge in [-0.25, -0.2) is 4.79 Å². The number of aryl methyl sites for hydroxylation is 2. The summed E-state index contributed by atoms with van der Waals surface area (Å²) in [5.74, 6) is 0. The number of thioether (sulfide) groups is 1. The van der Waals surface area contributed by atoms with Crippen LogP contribution in [0.3, 0.4) is 0 Å². The van der Waals surface area contributed by atoms with Crippen molar-refractivity contribution in [2.75, 3.05) is 12.8 Å². The molecule has 3 rings (SSSR count). The Morgan fingerprint density at radius 1 is 1.03 bits per heavy atom. The van der Waals surface area contributed by atoms with Gasteiger partial charge >= 0.3 is 6.03 Å². The summed E-state index contributed by atoms with van der Waals surface area (Å²) in [6.45, 7) is 2.64. The predicted molar refractivity (Wildman–Crippen MR) is 130 cm³/mol. The number of rotatable bonds is 9. The van der Waals surface area contributed by atoms with E-state index in [0.29, 0.717) is 6.54 Å². The summed E-state index contributed by atoms with van der Waals surface area (Å²) < 4.78 is 5.92. The molecule has 33 heavy (non-hydrogen) atoms. The molecule has 0 aromatic heterocycles. The molecule has 2 aromatic carbocycles. The molecule has 5 atom stereocenters. The van der Waals surface area contributed by atoms with Gasteiger partial charge in [0.2, 0.25) is 0 Å². The number of benzene rings is 2. The van der Waals surface area contributed by atoms with Crippen LogP contribution in [0, 0.1) is 6.92 Å². The third-order valence-electron chi connectivity index (χ3n) is 6.11. The van der Waals surface area contributed by atoms with Crippen LogP contribution in [0.25, 0.3) is 0 Å². The number of carbonyl (C=O) groups is 1. The van der Waals surface area contributed by atoms with Gasteiger partial charge in [0.1, 0.15) is 29.9 Å². The van der Waals surface area contributed by atoms with Crippen LogP contribution in [0.5, 0.6) is 0 Å². The number of carbonyl (C=O) groups excluding carboxylic acids is 1. The molecule has 0 bridgehead atoms. The zero-order chi connectivity index (χ0) is 24.0. The number of primary amides is 1. The zero-order valence-corrected chi connectivity index (χ0v) is 19.9. The second-order valence-electron chi connectivity index (χ2n) is 8.56. The summed E-state index contributed by atoms with van der Waals surface area (Å²) in [5.41, 5.74) is 9.94. The lowest BCUT2D eigenvalue weighted by Crippen LogP contribution is -2.52. The normalized spacial score (nSPS) is 25.1. The Bertz CT molecular complexity index is 922. The zero-order valence-electron chi connectivity index (χ0n) is 19.1. The Labute approximate surface area is 199 Å². The number of unbranched alkanes of at least 4 members (excludes halogenated alkanes) is 1. The number of nitrogens with two attached hydrogens (primary N) is 1. The van der Waals surface area contributed by atoms with Crippen molar-refractivity contribution in [2.45, 2.75) is 62.5 Å². The average molecular weight is 475 g/mol. The predicted octanol–water partition coefficient (Wildman–Crippen LogP) is 2.42. The third-order valence-corrected chi connectivity index (χ3v) is 6.97. The standard InChI is InChI=1S/C25H34N2O5S/c1-15-6-11-18(23-21(29)20(28)22(30)24(32-23)33-2)14-19(15)13-17-9-7-16(8-10-17)5-3-4-12-27-25(26)31/h6-11,14,20-24,28-30H,3-5,12-13H2,1-2H3,(H3,26,27,31)/t20-,21-,22+,23+,24-/m1/s1. The highest BCUT2D eigenvalue weighted by atomic mass is 32.2. The van der Waals surface area contributed by atoms with Crippen molar-refractivity contribution in [3.05, 3.63) is 70.3 Å². The van der Waals surface area contributed by atoms with E-state index in [1.165, 1.54) is 22.9 Å². The highest BCUT2D eigenvalue weighted by Gasteiger charge is 2.44. The molecule has 0 aliphatic carbocycles. The van der Waals surface area contributed by atoms with Gasteiger partial charge in [0.15, 0.2) is 0 Å². The molecule has 6 N–H and O–H groups in total. The van der Waals surface area contributed by atoms with Gasteiger partial charge in [-0.15, -0.1) is 11.8 Å². The van der Waals surface area contributed by atoms with E-state index in [-0.39, 0.29) is 0 Å². The lowest BCUT2D eigenvalue weighted by molar-refractivity contribution is -0.200. The monoisotopic (exact) mass is 474 g/mol. The Morgan fingerprint density at radius 2 is 1.73 bits per heavy atom. The molecule has 0 radical (unpaired) electrons. The Kier molecular flexibility index (Phi) is 9.17. The molecule has 1 aliphatic heterocycles. The fourth-order valence-corrected chi connectivity index (χ4v) is 4.76. The van der Waals surface area contributed by atoms with Gasteiger partial charge in [0.05, 0.1) is 0 Å². The first-order chi connectivity index (χ1) is 15.8. The molecule has 0 saturated carbocycles. The number of hydrogen-bond donors (Lipinski definition) is 5. The van der Waals surface area contributed by atoms with E-state index in [9.17, 15) is 20.1 Å².